The second-order valence-corrected chi connectivity index (χ2v) is 7.40. The number of aromatic nitrogens is 1. The molecule has 0 fully saturated rings. The van der Waals surface area contributed by atoms with Crippen molar-refractivity contribution < 1.29 is 0 Å². The maximum Gasteiger partial charge on any atom is 0.0931 e. The largest absolute Gasteiger partial charge is 0.299 e. The molecule has 0 aliphatic heterocycles. The van der Waals surface area contributed by atoms with Crippen LogP contribution in [0.4, 0.5) is 0 Å². The fraction of sp³-hybridized carbons (Fsp3) is 0.154. The van der Waals surface area contributed by atoms with Crippen LogP contribution >= 0.6 is 45.6 Å². The van der Waals surface area contributed by atoms with Gasteiger partial charge in [0.25, 0.3) is 0 Å². The first-order chi connectivity index (χ1) is 9.33. The van der Waals surface area contributed by atoms with Gasteiger partial charge in [-0.2, -0.15) is 0 Å². The Labute approximate surface area is 128 Å². The maximum atomic E-state index is 6.05. The number of halogens is 1. The Balaban J connectivity index is 1.80. The van der Waals surface area contributed by atoms with Crippen molar-refractivity contribution in [3.05, 3.63) is 60.3 Å². The molecule has 98 valence electrons. The highest BCUT2D eigenvalue weighted by Gasteiger charge is 2.17. The summed E-state index contributed by atoms with van der Waals surface area (Å²) in [5.74, 6) is 0. The minimum Gasteiger partial charge on any atom is -0.299 e. The first-order valence-corrected chi connectivity index (χ1v) is 8.74. The minimum atomic E-state index is 0.194. The fourth-order valence-corrected chi connectivity index (χ4v) is 4.42. The summed E-state index contributed by atoms with van der Waals surface area (Å²) in [5.41, 5.74) is 2.94. The van der Waals surface area contributed by atoms with Crippen molar-refractivity contribution in [3.63, 3.8) is 0 Å². The van der Waals surface area contributed by atoms with E-state index in [2.05, 4.69) is 39.3 Å². The summed E-state index contributed by atoms with van der Waals surface area (Å²) in [7, 11) is 0. The molecule has 0 bridgehead atoms. The van der Waals surface area contributed by atoms with Crippen LogP contribution in [0, 0.1) is 0 Å². The van der Waals surface area contributed by atoms with Gasteiger partial charge < -0.3 is 0 Å². The van der Waals surface area contributed by atoms with Crippen molar-refractivity contribution in [1.82, 2.24) is 10.3 Å². The number of thiophene rings is 2. The standard InChI is InChI=1S/C13H11ClN2S3/c14-12-4-3-11(19-12)13(10-2-1-5-18-10)15-6-9-7-17-8-16-9/h1-5,7-8,13,15H,6H2. The summed E-state index contributed by atoms with van der Waals surface area (Å²) in [5, 5.41) is 7.73. The van der Waals surface area contributed by atoms with E-state index in [0.717, 1.165) is 16.6 Å². The van der Waals surface area contributed by atoms with Crippen molar-refractivity contribution in [2.24, 2.45) is 0 Å². The molecule has 3 aromatic rings. The molecule has 1 N–H and O–H groups in total. The molecule has 2 nitrogen and oxygen atoms in total. The van der Waals surface area contributed by atoms with E-state index in [0.29, 0.717) is 0 Å². The molecule has 1 unspecified atom stereocenters. The summed E-state index contributed by atoms with van der Waals surface area (Å²) < 4.78 is 0.826. The Morgan fingerprint density at radius 2 is 2.21 bits per heavy atom. The monoisotopic (exact) mass is 326 g/mol. The first-order valence-electron chi connectivity index (χ1n) is 5.72. The van der Waals surface area contributed by atoms with E-state index in [1.807, 2.05) is 11.6 Å². The topological polar surface area (TPSA) is 24.9 Å². The molecular weight excluding hydrogens is 316 g/mol. The number of rotatable bonds is 5. The highest BCUT2D eigenvalue weighted by Crippen LogP contribution is 2.33. The van der Waals surface area contributed by atoms with Gasteiger partial charge in [-0.15, -0.1) is 34.0 Å². The van der Waals surface area contributed by atoms with Gasteiger partial charge in [0.1, 0.15) is 0 Å². The third kappa shape index (κ3) is 3.24. The number of hydrogen-bond acceptors (Lipinski definition) is 5. The highest BCUT2D eigenvalue weighted by atomic mass is 35.5. The molecule has 3 aromatic heterocycles. The fourth-order valence-electron chi connectivity index (χ4n) is 1.81. The Kier molecular flexibility index (Phi) is 4.30. The Bertz CT molecular complexity index is 616. The molecule has 1 atom stereocenters. The predicted molar refractivity (Wildman–Crippen MR) is 84.4 cm³/mol. The predicted octanol–water partition coefficient (Wildman–Crippen LogP) is 4.80. The van der Waals surface area contributed by atoms with Crippen LogP contribution in [0.3, 0.4) is 0 Å². The number of thiazole rings is 1. The molecule has 6 heteroatoms. The summed E-state index contributed by atoms with van der Waals surface area (Å²) in [6, 6.07) is 8.46. The van der Waals surface area contributed by atoms with Crippen LogP contribution in [0.1, 0.15) is 21.5 Å². The van der Waals surface area contributed by atoms with E-state index < -0.39 is 0 Å². The van der Waals surface area contributed by atoms with E-state index >= 15 is 0 Å². The van der Waals surface area contributed by atoms with E-state index in [1.54, 1.807) is 34.0 Å². The third-order valence-corrected chi connectivity index (χ3v) is 5.55. The van der Waals surface area contributed by atoms with E-state index in [1.165, 1.54) is 9.75 Å². The smallest absolute Gasteiger partial charge is 0.0931 e. The van der Waals surface area contributed by atoms with Crippen molar-refractivity contribution >= 4 is 45.6 Å². The minimum absolute atomic E-state index is 0.194. The number of nitrogens with zero attached hydrogens (tertiary/aromatic N) is 1. The van der Waals surface area contributed by atoms with Gasteiger partial charge in [0, 0.05) is 21.7 Å². The second-order valence-electron chi connectivity index (χ2n) is 3.95. The summed E-state index contributed by atoms with van der Waals surface area (Å²) in [6.07, 6.45) is 0. The molecule has 0 saturated heterocycles. The van der Waals surface area contributed by atoms with Gasteiger partial charge >= 0.3 is 0 Å². The molecule has 19 heavy (non-hydrogen) atoms. The van der Waals surface area contributed by atoms with E-state index in [9.17, 15) is 0 Å². The number of hydrogen-bond donors (Lipinski definition) is 1. The summed E-state index contributed by atoms with van der Waals surface area (Å²) in [6.45, 7) is 0.765. The van der Waals surface area contributed by atoms with E-state index in [-0.39, 0.29) is 6.04 Å². The first kappa shape index (κ1) is 13.3. The van der Waals surface area contributed by atoms with Gasteiger partial charge in [0.15, 0.2) is 0 Å². The molecule has 3 rings (SSSR count). The zero-order valence-electron chi connectivity index (χ0n) is 9.88. The van der Waals surface area contributed by atoms with Gasteiger partial charge in [0.05, 0.1) is 21.6 Å². The second kappa shape index (κ2) is 6.15. The van der Waals surface area contributed by atoms with Gasteiger partial charge in [-0.1, -0.05) is 17.7 Å². The molecule has 0 aliphatic carbocycles. The summed E-state index contributed by atoms with van der Waals surface area (Å²) in [4.78, 5) is 6.84. The molecule has 0 aromatic carbocycles. The Morgan fingerprint density at radius 1 is 1.26 bits per heavy atom. The van der Waals surface area contributed by atoms with Gasteiger partial charge in [0.2, 0.25) is 0 Å². The highest BCUT2D eigenvalue weighted by molar-refractivity contribution is 7.16. The van der Waals surface area contributed by atoms with Gasteiger partial charge in [-0.3, -0.25) is 5.32 Å². The zero-order valence-corrected chi connectivity index (χ0v) is 13.1. The Hall–Kier alpha value is -0.720. The van der Waals surface area contributed by atoms with Gasteiger partial charge in [-0.25, -0.2) is 4.98 Å². The molecule has 0 aliphatic rings. The molecule has 3 heterocycles. The normalized spacial score (nSPS) is 12.7. The maximum absolute atomic E-state index is 6.05. The van der Waals surface area contributed by atoms with Crippen LogP contribution in [0.2, 0.25) is 4.34 Å². The van der Waals surface area contributed by atoms with Crippen molar-refractivity contribution in [2.75, 3.05) is 0 Å². The number of nitrogens with one attached hydrogen (secondary N) is 1. The van der Waals surface area contributed by atoms with Crippen molar-refractivity contribution in [2.45, 2.75) is 12.6 Å². The summed E-state index contributed by atoms with van der Waals surface area (Å²) >= 11 is 11.0. The van der Waals surface area contributed by atoms with Crippen LogP contribution < -0.4 is 5.32 Å². The van der Waals surface area contributed by atoms with Crippen molar-refractivity contribution in [3.8, 4) is 0 Å². The lowest BCUT2D eigenvalue weighted by Crippen LogP contribution is -2.20. The zero-order chi connectivity index (χ0) is 13.1. The molecule has 0 radical (unpaired) electrons. The third-order valence-electron chi connectivity index (χ3n) is 2.68. The van der Waals surface area contributed by atoms with Crippen LogP contribution in [-0.4, -0.2) is 4.98 Å². The van der Waals surface area contributed by atoms with Crippen LogP contribution in [-0.2, 0) is 6.54 Å². The molecule has 0 saturated carbocycles. The molecular formula is C13H11ClN2S3. The van der Waals surface area contributed by atoms with Crippen LogP contribution in [0.25, 0.3) is 0 Å². The van der Waals surface area contributed by atoms with Crippen LogP contribution in [0.15, 0.2) is 40.5 Å². The lowest BCUT2D eigenvalue weighted by molar-refractivity contribution is 0.614. The Morgan fingerprint density at radius 3 is 2.84 bits per heavy atom. The SMILES string of the molecule is Clc1ccc(C(NCc2cscn2)c2cccs2)s1. The van der Waals surface area contributed by atoms with Gasteiger partial charge in [-0.05, 0) is 23.6 Å². The lowest BCUT2D eigenvalue weighted by atomic mass is 10.2. The lowest BCUT2D eigenvalue weighted by Gasteiger charge is -2.15. The van der Waals surface area contributed by atoms with Crippen LogP contribution in [0.5, 0.6) is 0 Å². The molecule has 0 spiro atoms. The average molecular weight is 327 g/mol. The quantitative estimate of drug-likeness (QED) is 0.728. The average Bonchev–Trinajstić information content (AvgIpc) is 3.11. The molecule has 0 amide bonds. The van der Waals surface area contributed by atoms with Crippen molar-refractivity contribution in [1.29, 1.82) is 0 Å². The van der Waals surface area contributed by atoms with E-state index in [4.69, 9.17) is 11.6 Å².